The van der Waals surface area contributed by atoms with Crippen LogP contribution in [0.1, 0.15) is 45.4 Å². The average Bonchev–Trinajstić information content (AvgIpc) is 2.71. The van der Waals surface area contributed by atoms with Crippen LogP contribution in [0.3, 0.4) is 0 Å². The number of nitrogens with two attached hydrogens (primary N) is 1. The number of aliphatic carboxylic acids is 2. The maximum absolute atomic E-state index is 12.2. The lowest BCUT2D eigenvalue weighted by atomic mass is 10.1. The number of hydrogen-bond donors (Lipinski definition) is 7. The normalized spacial score (nSPS) is 12.2. The van der Waals surface area contributed by atoms with Crippen LogP contribution < -0.4 is 27.0 Å². The molecule has 0 aromatic heterocycles. The molecule has 0 fully saturated rings. The van der Waals surface area contributed by atoms with Gasteiger partial charge in [-0.25, -0.2) is 0 Å². The highest BCUT2D eigenvalue weighted by Crippen LogP contribution is 2.00. The second-order valence-electron chi connectivity index (χ2n) is 6.67. The molecule has 0 heterocycles. The van der Waals surface area contributed by atoms with E-state index < -0.39 is 67.2 Å². The standard InChI is InChI=1S/C18H31N5O8/c1-2-3-8-20-17(30)11(4-6-15(26)27)23-14(25)10-21-18(31)12(5-7-16(28)29)22-13(24)9-19/h11-12H,2-10,19H2,1H3,(H,20,30)(H,21,31)(H,22,24)(H,23,25)(H,26,27)(H,28,29). The highest BCUT2D eigenvalue weighted by atomic mass is 16.4. The van der Waals surface area contributed by atoms with E-state index in [1.807, 2.05) is 6.92 Å². The molecule has 0 saturated carbocycles. The van der Waals surface area contributed by atoms with Gasteiger partial charge in [-0.3, -0.25) is 28.8 Å². The zero-order valence-corrected chi connectivity index (χ0v) is 17.4. The van der Waals surface area contributed by atoms with E-state index in [1.54, 1.807) is 0 Å². The van der Waals surface area contributed by atoms with Crippen molar-refractivity contribution >= 4 is 35.6 Å². The molecule has 0 spiro atoms. The summed E-state index contributed by atoms with van der Waals surface area (Å²) in [6.07, 6.45) is 0.456. The Kier molecular flexibility index (Phi) is 14.0. The summed E-state index contributed by atoms with van der Waals surface area (Å²) >= 11 is 0. The van der Waals surface area contributed by atoms with Gasteiger partial charge in [0.05, 0.1) is 13.1 Å². The molecule has 13 nitrogen and oxygen atoms in total. The summed E-state index contributed by atoms with van der Waals surface area (Å²) in [5.74, 6) is -5.07. The Labute approximate surface area is 179 Å². The van der Waals surface area contributed by atoms with Crippen LogP contribution in [0.4, 0.5) is 0 Å². The maximum atomic E-state index is 12.2. The predicted molar refractivity (Wildman–Crippen MR) is 108 cm³/mol. The molecule has 4 amide bonds. The fourth-order valence-electron chi connectivity index (χ4n) is 2.37. The van der Waals surface area contributed by atoms with E-state index in [4.69, 9.17) is 15.9 Å². The number of nitrogens with one attached hydrogen (secondary N) is 4. The van der Waals surface area contributed by atoms with Crippen molar-refractivity contribution in [1.29, 1.82) is 0 Å². The minimum Gasteiger partial charge on any atom is -0.481 e. The minimum atomic E-state index is -1.21. The Morgan fingerprint density at radius 3 is 1.74 bits per heavy atom. The van der Waals surface area contributed by atoms with Gasteiger partial charge in [0.1, 0.15) is 12.1 Å². The Balaban J connectivity index is 4.85. The Hall–Kier alpha value is -3.22. The first-order valence-corrected chi connectivity index (χ1v) is 9.88. The molecule has 0 rings (SSSR count). The highest BCUT2D eigenvalue weighted by Gasteiger charge is 2.24. The molecule has 0 saturated heterocycles. The molecule has 176 valence electrons. The molecule has 13 heteroatoms. The monoisotopic (exact) mass is 445 g/mol. The van der Waals surface area contributed by atoms with Crippen LogP contribution in [0, 0.1) is 0 Å². The van der Waals surface area contributed by atoms with E-state index in [-0.39, 0.29) is 19.3 Å². The number of rotatable bonds is 16. The van der Waals surface area contributed by atoms with Crippen molar-refractivity contribution in [1.82, 2.24) is 21.3 Å². The van der Waals surface area contributed by atoms with Crippen molar-refractivity contribution < 1.29 is 39.0 Å². The lowest BCUT2D eigenvalue weighted by Crippen LogP contribution is -2.53. The molecule has 2 unspecified atom stereocenters. The number of hydrogen-bond acceptors (Lipinski definition) is 7. The zero-order chi connectivity index (χ0) is 23.8. The quantitative estimate of drug-likeness (QED) is 0.127. The lowest BCUT2D eigenvalue weighted by molar-refractivity contribution is -0.138. The Bertz CT molecular complexity index is 655. The summed E-state index contributed by atoms with van der Waals surface area (Å²) in [6.45, 7) is 1.33. The fourth-order valence-corrected chi connectivity index (χ4v) is 2.37. The van der Waals surface area contributed by atoms with E-state index >= 15 is 0 Å². The molecule has 31 heavy (non-hydrogen) atoms. The van der Waals surface area contributed by atoms with Gasteiger partial charge in [-0.15, -0.1) is 0 Å². The zero-order valence-electron chi connectivity index (χ0n) is 17.4. The summed E-state index contributed by atoms with van der Waals surface area (Å²) in [5.41, 5.74) is 5.17. The highest BCUT2D eigenvalue weighted by molar-refractivity contribution is 5.93. The second kappa shape index (κ2) is 15.6. The van der Waals surface area contributed by atoms with Crippen molar-refractivity contribution in [3.63, 3.8) is 0 Å². The molecule has 0 aromatic carbocycles. The van der Waals surface area contributed by atoms with Crippen molar-refractivity contribution in [3.05, 3.63) is 0 Å². The summed E-state index contributed by atoms with van der Waals surface area (Å²) in [6, 6.07) is -2.31. The van der Waals surface area contributed by atoms with Gasteiger partial charge in [-0.2, -0.15) is 0 Å². The third-order valence-electron chi connectivity index (χ3n) is 4.04. The van der Waals surface area contributed by atoms with Crippen molar-refractivity contribution in [2.24, 2.45) is 5.73 Å². The van der Waals surface area contributed by atoms with Crippen LogP contribution in [0.25, 0.3) is 0 Å². The van der Waals surface area contributed by atoms with Gasteiger partial charge in [0.15, 0.2) is 0 Å². The fraction of sp³-hybridized carbons (Fsp3) is 0.667. The van der Waals surface area contributed by atoms with E-state index in [9.17, 15) is 28.8 Å². The summed E-state index contributed by atoms with van der Waals surface area (Å²) in [5, 5.41) is 27.1. The van der Waals surface area contributed by atoms with Gasteiger partial charge in [0.2, 0.25) is 23.6 Å². The number of carbonyl (C=O) groups excluding carboxylic acids is 4. The number of carboxylic acids is 2. The molecule has 0 aliphatic rings. The molecule has 0 radical (unpaired) electrons. The van der Waals surface area contributed by atoms with Crippen LogP contribution in [-0.2, 0) is 28.8 Å². The van der Waals surface area contributed by atoms with Crippen LogP contribution in [0.2, 0.25) is 0 Å². The van der Waals surface area contributed by atoms with Crippen molar-refractivity contribution in [3.8, 4) is 0 Å². The largest absolute Gasteiger partial charge is 0.481 e. The summed E-state index contributed by atoms with van der Waals surface area (Å²) in [7, 11) is 0. The van der Waals surface area contributed by atoms with Gasteiger partial charge in [0, 0.05) is 19.4 Å². The van der Waals surface area contributed by atoms with Gasteiger partial charge >= 0.3 is 11.9 Å². The van der Waals surface area contributed by atoms with E-state index in [0.717, 1.165) is 6.42 Å². The maximum Gasteiger partial charge on any atom is 0.303 e. The van der Waals surface area contributed by atoms with E-state index in [0.29, 0.717) is 13.0 Å². The molecular formula is C18H31N5O8. The van der Waals surface area contributed by atoms with Gasteiger partial charge in [0.25, 0.3) is 0 Å². The third-order valence-corrected chi connectivity index (χ3v) is 4.04. The van der Waals surface area contributed by atoms with Crippen LogP contribution in [0.5, 0.6) is 0 Å². The first kappa shape index (κ1) is 27.8. The van der Waals surface area contributed by atoms with E-state index in [2.05, 4.69) is 21.3 Å². The molecule has 0 aliphatic heterocycles. The van der Waals surface area contributed by atoms with Crippen LogP contribution in [-0.4, -0.2) is 77.5 Å². The number of amides is 4. The molecule has 0 aliphatic carbocycles. The van der Waals surface area contributed by atoms with Gasteiger partial charge in [-0.05, 0) is 19.3 Å². The van der Waals surface area contributed by atoms with Crippen molar-refractivity contribution in [2.75, 3.05) is 19.6 Å². The number of unbranched alkanes of at least 4 members (excludes halogenated alkanes) is 1. The third kappa shape index (κ3) is 13.6. The molecule has 2 atom stereocenters. The van der Waals surface area contributed by atoms with E-state index in [1.165, 1.54) is 0 Å². The molecule has 8 N–H and O–H groups in total. The topological polar surface area (TPSA) is 217 Å². The summed E-state index contributed by atoms with van der Waals surface area (Å²) < 4.78 is 0. The Morgan fingerprint density at radius 1 is 0.806 bits per heavy atom. The molecular weight excluding hydrogens is 414 g/mol. The minimum absolute atomic E-state index is 0.138. The smallest absolute Gasteiger partial charge is 0.303 e. The van der Waals surface area contributed by atoms with Gasteiger partial charge < -0.3 is 37.2 Å². The predicted octanol–water partition coefficient (Wildman–Crippen LogP) is -2.32. The first-order valence-electron chi connectivity index (χ1n) is 9.88. The van der Waals surface area contributed by atoms with Crippen LogP contribution in [0.15, 0.2) is 0 Å². The van der Waals surface area contributed by atoms with Crippen molar-refractivity contribution in [2.45, 2.75) is 57.5 Å². The summed E-state index contributed by atoms with van der Waals surface area (Å²) in [4.78, 5) is 69.5. The second-order valence-corrected chi connectivity index (χ2v) is 6.67. The first-order chi connectivity index (χ1) is 14.6. The molecule has 0 aromatic rings. The number of carbonyl (C=O) groups is 6. The average molecular weight is 445 g/mol. The lowest BCUT2D eigenvalue weighted by Gasteiger charge is -2.20. The SMILES string of the molecule is CCCCNC(=O)C(CCC(=O)O)NC(=O)CNC(=O)C(CCC(=O)O)NC(=O)CN. The van der Waals surface area contributed by atoms with Gasteiger partial charge in [-0.1, -0.05) is 13.3 Å². The molecule has 0 bridgehead atoms. The number of carboxylic acid groups (broad SMARTS) is 2. The Morgan fingerprint density at radius 2 is 1.29 bits per heavy atom. The van der Waals surface area contributed by atoms with Crippen LogP contribution >= 0.6 is 0 Å².